The van der Waals surface area contributed by atoms with Crippen LogP contribution >= 0.6 is 0 Å². The van der Waals surface area contributed by atoms with Gasteiger partial charge in [-0.05, 0) is 88.9 Å². The van der Waals surface area contributed by atoms with Crippen LogP contribution in [0.2, 0.25) is 0 Å². The number of aryl methyl sites for hydroxylation is 1. The number of allylic oxidation sites excluding steroid dienone is 1. The number of benzene rings is 2. The lowest BCUT2D eigenvalue weighted by Gasteiger charge is -2.21. The summed E-state index contributed by atoms with van der Waals surface area (Å²) in [6, 6.07) is 16.9. The minimum Gasteiger partial charge on any atom is -0.444 e. The lowest BCUT2D eigenvalue weighted by atomic mass is 9.99. The second kappa shape index (κ2) is 12.7. The normalized spacial score (nSPS) is 15.2. The van der Waals surface area contributed by atoms with Crippen molar-refractivity contribution in [2.24, 2.45) is 5.92 Å². The number of nitrogens with zero attached hydrogens (tertiary/aromatic N) is 2. The number of hydrogen-bond donors (Lipinski definition) is 1. The highest BCUT2D eigenvalue weighted by molar-refractivity contribution is 7.90. The molecule has 1 saturated heterocycles. The summed E-state index contributed by atoms with van der Waals surface area (Å²) in [5.74, 6) is -0.313. The largest absolute Gasteiger partial charge is 0.444 e. The van der Waals surface area contributed by atoms with E-state index in [4.69, 9.17) is 13.7 Å². The van der Waals surface area contributed by atoms with Crippen molar-refractivity contribution in [2.45, 2.75) is 55.9 Å². The van der Waals surface area contributed by atoms with Gasteiger partial charge in [0.2, 0.25) is 0 Å². The van der Waals surface area contributed by atoms with Gasteiger partial charge in [0, 0.05) is 18.6 Å². The summed E-state index contributed by atoms with van der Waals surface area (Å²) in [4.78, 5) is 16.7. The van der Waals surface area contributed by atoms with Crippen molar-refractivity contribution < 1.29 is 35.3 Å². The number of ether oxygens (including phenoxy) is 2. The van der Waals surface area contributed by atoms with Crippen molar-refractivity contribution in [1.29, 1.82) is 0 Å². The Balaban J connectivity index is 1.69. The van der Waals surface area contributed by atoms with Gasteiger partial charge in [-0.3, -0.25) is 5.32 Å². The fourth-order valence-electron chi connectivity index (χ4n) is 4.80. The summed E-state index contributed by atoms with van der Waals surface area (Å²) in [6.07, 6.45) is 3.40. The molecule has 2 aromatic carbocycles. The number of amides is 1. The second-order valence-electron chi connectivity index (χ2n) is 11.7. The van der Waals surface area contributed by atoms with Gasteiger partial charge in [-0.15, -0.1) is 0 Å². The molecular weight excluding hydrogens is 618 g/mol. The fourth-order valence-corrected chi connectivity index (χ4v) is 7.23. The zero-order valence-electron chi connectivity index (χ0n) is 25.4. The molecule has 0 radical (unpaired) electrons. The van der Waals surface area contributed by atoms with Crippen LogP contribution in [0.5, 0.6) is 0 Å². The smallest absolute Gasteiger partial charge is 0.412 e. The maximum atomic E-state index is 14.2. The predicted molar refractivity (Wildman–Crippen MR) is 170 cm³/mol. The standard InChI is InChI=1S/C32H35N3O8S2/c1-22-10-12-27(13-11-22)45(39,40)43-29(18-23-14-16-41-17-15-23)28-20-24-19-25(34-31(36)42-32(2,3)4)21-33-30(24)35(28)44(37,38)26-8-6-5-7-9-26/h5-13,18-21,23H,14-17H2,1-4H3,(H,34,36). The van der Waals surface area contributed by atoms with Crippen LogP contribution in [-0.4, -0.2) is 50.7 Å². The number of pyridine rings is 1. The second-order valence-corrected chi connectivity index (χ2v) is 15.0. The van der Waals surface area contributed by atoms with E-state index in [1.807, 2.05) is 6.92 Å². The number of nitrogens with one attached hydrogen (secondary N) is 1. The van der Waals surface area contributed by atoms with Gasteiger partial charge in [-0.25, -0.2) is 22.2 Å². The lowest BCUT2D eigenvalue weighted by molar-refractivity contribution is 0.0635. The van der Waals surface area contributed by atoms with Gasteiger partial charge in [0.05, 0.1) is 16.8 Å². The van der Waals surface area contributed by atoms with E-state index in [0.717, 1.165) is 9.54 Å². The van der Waals surface area contributed by atoms with Crippen LogP contribution in [0.15, 0.2) is 88.8 Å². The van der Waals surface area contributed by atoms with E-state index in [1.54, 1.807) is 57.2 Å². The van der Waals surface area contributed by atoms with E-state index in [-0.39, 0.29) is 38.5 Å². The third-order valence-electron chi connectivity index (χ3n) is 6.94. The van der Waals surface area contributed by atoms with Gasteiger partial charge in [0.1, 0.15) is 16.2 Å². The molecule has 238 valence electrons. The molecule has 3 heterocycles. The molecule has 4 aromatic rings. The monoisotopic (exact) mass is 653 g/mol. The molecule has 0 spiro atoms. The first-order valence-corrected chi connectivity index (χ1v) is 17.2. The molecule has 1 aliphatic heterocycles. The number of fused-ring (bicyclic) bond motifs is 1. The molecule has 1 aliphatic rings. The molecule has 11 nitrogen and oxygen atoms in total. The Morgan fingerprint density at radius 2 is 1.64 bits per heavy atom. The van der Waals surface area contributed by atoms with Crippen molar-refractivity contribution in [3.05, 3.63) is 90.3 Å². The quantitative estimate of drug-likeness (QED) is 0.176. The molecule has 2 aromatic heterocycles. The number of aromatic nitrogens is 2. The Hall–Kier alpha value is -4.20. The van der Waals surface area contributed by atoms with Gasteiger partial charge in [0.25, 0.3) is 10.0 Å². The van der Waals surface area contributed by atoms with Crippen molar-refractivity contribution in [2.75, 3.05) is 18.5 Å². The Labute approximate surface area is 263 Å². The Bertz CT molecular complexity index is 1940. The predicted octanol–water partition coefficient (Wildman–Crippen LogP) is 6.10. The number of carbonyl (C=O) groups is 1. The number of rotatable bonds is 8. The summed E-state index contributed by atoms with van der Waals surface area (Å²) < 4.78 is 73.2. The molecule has 1 N–H and O–H groups in total. The van der Waals surface area contributed by atoms with Crippen LogP contribution in [0.1, 0.15) is 44.9 Å². The fraction of sp³-hybridized carbons (Fsp3) is 0.312. The first-order valence-electron chi connectivity index (χ1n) is 14.4. The minimum atomic E-state index is -4.38. The maximum absolute atomic E-state index is 14.2. The minimum absolute atomic E-state index is 0.0119. The number of anilines is 1. The number of hydrogen-bond acceptors (Lipinski definition) is 9. The first kappa shape index (κ1) is 32.2. The first-order chi connectivity index (χ1) is 21.2. The third-order valence-corrected chi connectivity index (χ3v) is 9.91. The summed E-state index contributed by atoms with van der Waals surface area (Å²) >= 11 is 0. The Morgan fingerprint density at radius 3 is 2.29 bits per heavy atom. The van der Waals surface area contributed by atoms with Gasteiger partial charge < -0.3 is 13.7 Å². The van der Waals surface area contributed by atoms with E-state index in [1.165, 1.54) is 42.6 Å². The Morgan fingerprint density at radius 1 is 0.978 bits per heavy atom. The average Bonchev–Trinajstić information content (AvgIpc) is 3.37. The third kappa shape index (κ3) is 7.55. The molecule has 45 heavy (non-hydrogen) atoms. The average molecular weight is 654 g/mol. The van der Waals surface area contributed by atoms with E-state index < -0.39 is 31.8 Å². The van der Waals surface area contributed by atoms with E-state index in [0.29, 0.717) is 31.4 Å². The van der Waals surface area contributed by atoms with Crippen molar-refractivity contribution in [3.63, 3.8) is 0 Å². The molecule has 0 bridgehead atoms. The van der Waals surface area contributed by atoms with Crippen LogP contribution in [-0.2, 0) is 33.8 Å². The molecule has 1 fully saturated rings. The zero-order valence-corrected chi connectivity index (χ0v) is 27.0. The molecule has 1 amide bonds. The van der Waals surface area contributed by atoms with Crippen LogP contribution in [0, 0.1) is 12.8 Å². The summed E-state index contributed by atoms with van der Waals surface area (Å²) in [5.41, 5.74) is 0.339. The van der Waals surface area contributed by atoms with E-state index >= 15 is 0 Å². The van der Waals surface area contributed by atoms with Gasteiger partial charge in [-0.1, -0.05) is 35.9 Å². The highest BCUT2D eigenvalue weighted by Crippen LogP contribution is 2.34. The van der Waals surface area contributed by atoms with Crippen LogP contribution in [0.3, 0.4) is 0 Å². The highest BCUT2D eigenvalue weighted by Gasteiger charge is 2.30. The summed E-state index contributed by atoms with van der Waals surface area (Å²) in [5, 5.41) is 2.92. The van der Waals surface area contributed by atoms with Gasteiger partial charge in [-0.2, -0.15) is 8.42 Å². The van der Waals surface area contributed by atoms with Crippen molar-refractivity contribution in [1.82, 2.24) is 8.96 Å². The van der Waals surface area contributed by atoms with Gasteiger partial charge in [0.15, 0.2) is 11.4 Å². The number of carbonyl (C=O) groups excluding carboxylic acids is 1. The summed E-state index contributed by atoms with van der Waals surface area (Å²) in [6.45, 7) is 7.94. The molecular formula is C32H35N3O8S2. The van der Waals surface area contributed by atoms with Crippen LogP contribution < -0.4 is 5.32 Å². The van der Waals surface area contributed by atoms with Crippen LogP contribution in [0.25, 0.3) is 16.8 Å². The molecule has 13 heteroatoms. The SMILES string of the molecule is Cc1ccc(S(=O)(=O)OC(=CC2CCOCC2)c2cc3cc(NC(=O)OC(C)(C)C)cnc3n2S(=O)(=O)c2ccccc2)cc1. The molecule has 0 atom stereocenters. The highest BCUT2D eigenvalue weighted by atomic mass is 32.2. The maximum Gasteiger partial charge on any atom is 0.412 e. The zero-order chi connectivity index (χ0) is 32.4. The van der Waals surface area contributed by atoms with E-state index in [9.17, 15) is 21.6 Å². The molecule has 0 unspecified atom stereocenters. The lowest BCUT2D eigenvalue weighted by Crippen LogP contribution is -2.27. The molecule has 0 aliphatic carbocycles. The molecule has 0 saturated carbocycles. The van der Waals surface area contributed by atoms with Crippen molar-refractivity contribution in [3.8, 4) is 0 Å². The molecule has 5 rings (SSSR count). The van der Waals surface area contributed by atoms with Gasteiger partial charge >= 0.3 is 16.2 Å². The van der Waals surface area contributed by atoms with E-state index in [2.05, 4.69) is 10.3 Å². The van der Waals surface area contributed by atoms with Crippen molar-refractivity contribution >= 4 is 48.7 Å². The van der Waals surface area contributed by atoms with Crippen LogP contribution in [0.4, 0.5) is 10.5 Å². The topological polar surface area (TPSA) is 143 Å². The Kier molecular flexibility index (Phi) is 9.06. The summed E-state index contributed by atoms with van der Waals surface area (Å²) in [7, 11) is -8.71.